The van der Waals surface area contributed by atoms with Gasteiger partial charge in [-0.15, -0.1) is 0 Å². The maximum absolute atomic E-state index is 11.1. The molecule has 0 radical (unpaired) electrons. The Balaban J connectivity index is 3.43. The molecule has 0 spiro atoms. The van der Waals surface area contributed by atoms with Gasteiger partial charge in [-0.2, -0.15) is 0 Å². The summed E-state index contributed by atoms with van der Waals surface area (Å²) in [6, 6.07) is 0. The van der Waals surface area contributed by atoms with E-state index in [0.717, 1.165) is 18.6 Å². The third kappa shape index (κ3) is 7.66. The van der Waals surface area contributed by atoms with Crippen LogP contribution in [0.5, 0.6) is 0 Å². The molecule has 0 aliphatic heterocycles. The highest BCUT2D eigenvalue weighted by Crippen LogP contribution is 1.92. The molecule has 70 valence electrons. The first kappa shape index (κ1) is 11.6. The molecule has 0 saturated carbocycles. The van der Waals surface area contributed by atoms with E-state index in [1.807, 2.05) is 6.92 Å². The summed E-state index contributed by atoms with van der Waals surface area (Å²) in [7, 11) is -0.697. The molecule has 3 heteroatoms. The Morgan fingerprint density at radius 3 is 2.58 bits per heavy atom. The summed E-state index contributed by atoms with van der Waals surface area (Å²) in [5.74, 6) is 1.50. The summed E-state index contributed by atoms with van der Waals surface area (Å²) in [5.41, 5.74) is 0. The van der Waals surface area contributed by atoms with Gasteiger partial charge in [0.25, 0.3) is 0 Å². The van der Waals surface area contributed by atoms with Crippen molar-refractivity contribution in [2.75, 3.05) is 11.5 Å². The summed E-state index contributed by atoms with van der Waals surface area (Å²) in [6.45, 7) is 3.53. The van der Waals surface area contributed by atoms with Crippen molar-refractivity contribution in [3.63, 3.8) is 0 Å². The molecule has 2 nitrogen and oxygen atoms in total. The first-order valence-electron chi connectivity index (χ1n) is 4.19. The van der Waals surface area contributed by atoms with E-state index < -0.39 is 10.8 Å². The van der Waals surface area contributed by atoms with Gasteiger partial charge in [0, 0.05) is 22.3 Å². The van der Waals surface area contributed by atoms with E-state index in [-0.39, 0.29) is 5.78 Å². The van der Waals surface area contributed by atoms with E-state index in [2.05, 4.69) is 0 Å². The lowest BCUT2D eigenvalue weighted by Crippen LogP contribution is -2.00. The van der Waals surface area contributed by atoms with Crippen LogP contribution in [0.3, 0.4) is 0 Å². The summed E-state index contributed by atoms with van der Waals surface area (Å²) in [6.07, 6.45) is 5.02. The SMILES string of the molecule is CCCS(=O)CCC=CC(C)=O. The van der Waals surface area contributed by atoms with E-state index in [0.29, 0.717) is 5.75 Å². The van der Waals surface area contributed by atoms with Crippen molar-refractivity contribution >= 4 is 16.6 Å². The first-order valence-corrected chi connectivity index (χ1v) is 5.67. The number of carbonyl (C=O) groups excluding carboxylic acids is 1. The van der Waals surface area contributed by atoms with Crippen molar-refractivity contribution in [3.05, 3.63) is 12.2 Å². The van der Waals surface area contributed by atoms with E-state index >= 15 is 0 Å². The van der Waals surface area contributed by atoms with E-state index in [9.17, 15) is 9.00 Å². The Labute approximate surface area is 76.5 Å². The lowest BCUT2D eigenvalue weighted by molar-refractivity contribution is -0.112. The molecule has 0 saturated heterocycles. The number of rotatable bonds is 6. The van der Waals surface area contributed by atoms with Crippen LogP contribution in [0.2, 0.25) is 0 Å². The van der Waals surface area contributed by atoms with Gasteiger partial charge >= 0.3 is 0 Å². The maximum atomic E-state index is 11.1. The second-order valence-electron chi connectivity index (χ2n) is 2.65. The molecule has 0 aromatic carbocycles. The summed E-state index contributed by atoms with van der Waals surface area (Å²) < 4.78 is 11.1. The quantitative estimate of drug-likeness (QED) is 0.594. The molecule has 0 N–H and O–H groups in total. The lowest BCUT2D eigenvalue weighted by atomic mass is 10.3. The zero-order chi connectivity index (χ0) is 9.40. The molecular weight excluding hydrogens is 172 g/mol. The maximum Gasteiger partial charge on any atom is 0.152 e. The lowest BCUT2D eigenvalue weighted by Gasteiger charge is -1.95. The molecule has 0 rings (SSSR count). The molecule has 0 aromatic rings. The number of carbonyl (C=O) groups is 1. The minimum absolute atomic E-state index is 0.0521. The van der Waals surface area contributed by atoms with Gasteiger partial charge in [-0.3, -0.25) is 9.00 Å². The molecule has 0 heterocycles. The zero-order valence-corrected chi connectivity index (χ0v) is 8.52. The monoisotopic (exact) mass is 188 g/mol. The van der Waals surface area contributed by atoms with Gasteiger partial charge in [-0.1, -0.05) is 13.0 Å². The van der Waals surface area contributed by atoms with Crippen LogP contribution in [0.25, 0.3) is 0 Å². The predicted octanol–water partition coefficient (Wildman–Crippen LogP) is 1.68. The number of hydrogen-bond acceptors (Lipinski definition) is 2. The standard InChI is InChI=1S/C9H16O2S/c1-3-7-12(11)8-5-4-6-9(2)10/h4,6H,3,5,7-8H2,1-2H3. The van der Waals surface area contributed by atoms with E-state index in [1.54, 1.807) is 6.08 Å². The van der Waals surface area contributed by atoms with Gasteiger partial charge in [0.05, 0.1) is 0 Å². The summed E-state index contributed by atoms with van der Waals surface area (Å²) >= 11 is 0. The molecule has 0 fully saturated rings. The highest BCUT2D eigenvalue weighted by molar-refractivity contribution is 7.84. The van der Waals surface area contributed by atoms with Crippen molar-refractivity contribution in [2.45, 2.75) is 26.7 Å². The van der Waals surface area contributed by atoms with Gasteiger partial charge < -0.3 is 0 Å². The fourth-order valence-corrected chi connectivity index (χ4v) is 1.84. The van der Waals surface area contributed by atoms with Crippen LogP contribution in [0, 0.1) is 0 Å². The molecule has 1 unspecified atom stereocenters. The fraction of sp³-hybridized carbons (Fsp3) is 0.667. The zero-order valence-electron chi connectivity index (χ0n) is 7.71. The van der Waals surface area contributed by atoms with Crippen LogP contribution in [0.1, 0.15) is 26.7 Å². The van der Waals surface area contributed by atoms with Crippen LogP contribution in [0.15, 0.2) is 12.2 Å². The van der Waals surface area contributed by atoms with Gasteiger partial charge in [-0.05, 0) is 25.8 Å². The molecule has 12 heavy (non-hydrogen) atoms. The third-order valence-corrected chi connectivity index (χ3v) is 2.85. The molecule has 1 atom stereocenters. The highest BCUT2D eigenvalue weighted by atomic mass is 32.2. The van der Waals surface area contributed by atoms with Gasteiger partial charge in [0.1, 0.15) is 0 Å². The van der Waals surface area contributed by atoms with E-state index in [4.69, 9.17) is 0 Å². The second kappa shape index (κ2) is 7.22. The van der Waals surface area contributed by atoms with Gasteiger partial charge in [0.15, 0.2) is 5.78 Å². The predicted molar refractivity (Wildman–Crippen MR) is 52.6 cm³/mol. The number of ketones is 1. The Kier molecular flexibility index (Phi) is 6.96. The molecule has 0 aliphatic rings. The van der Waals surface area contributed by atoms with Crippen LogP contribution in [0.4, 0.5) is 0 Å². The smallest absolute Gasteiger partial charge is 0.152 e. The Bertz CT molecular complexity index is 185. The van der Waals surface area contributed by atoms with Crippen LogP contribution < -0.4 is 0 Å². The Morgan fingerprint density at radius 2 is 2.08 bits per heavy atom. The topological polar surface area (TPSA) is 34.1 Å². The van der Waals surface area contributed by atoms with Gasteiger partial charge in [0.2, 0.25) is 0 Å². The normalized spacial score (nSPS) is 13.5. The van der Waals surface area contributed by atoms with Gasteiger partial charge in [-0.25, -0.2) is 0 Å². The minimum atomic E-state index is -0.697. The van der Waals surface area contributed by atoms with Crippen LogP contribution in [-0.2, 0) is 15.6 Å². The van der Waals surface area contributed by atoms with E-state index in [1.165, 1.54) is 13.0 Å². The molecule has 0 bridgehead atoms. The van der Waals surface area contributed by atoms with Crippen LogP contribution in [-0.4, -0.2) is 21.5 Å². The summed E-state index contributed by atoms with van der Waals surface area (Å²) in [5, 5.41) is 0. The fourth-order valence-electron chi connectivity index (χ4n) is 0.779. The largest absolute Gasteiger partial charge is 0.295 e. The van der Waals surface area contributed by atoms with Crippen molar-refractivity contribution in [2.24, 2.45) is 0 Å². The first-order chi connectivity index (χ1) is 5.66. The molecule has 0 amide bonds. The second-order valence-corrected chi connectivity index (χ2v) is 4.35. The molecule has 0 aliphatic carbocycles. The van der Waals surface area contributed by atoms with Crippen LogP contribution >= 0.6 is 0 Å². The Morgan fingerprint density at radius 1 is 1.42 bits per heavy atom. The average Bonchev–Trinajstić information content (AvgIpc) is 1.98. The highest BCUT2D eigenvalue weighted by Gasteiger charge is 1.94. The third-order valence-electron chi connectivity index (χ3n) is 1.30. The average molecular weight is 188 g/mol. The van der Waals surface area contributed by atoms with Crippen molar-refractivity contribution < 1.29 is 9.00 Å². The molecule has 0 aromatic heterocycles. The summed E-state index contributed by atoms with van der Waals surface area (Å²) in [4.78, 5) is 10.5. The van der Waals surface area contributed by atoms with Crippen molar-refractivity contribution in [1.29, 1.82) is 0 Å². The minimum Gasteiger partial charge on any atom is -0.295 e. The molecular formula is C9H16O2S. The van der Waals surface area contributed by atoms with Crippen molar-refractivity contribution in [3.8, 4) is 0 Å². The van der Waals surface area contributed by atoms with Crippen molar-refractivity contribution in [1.82, 2.24) is 0 Å². The number of hydrogen-bond donors (Lipinski definition) is 0. The Hall–Kier alpha value is -0.440. The number of allylic oxidation sites excluding steroid dienone is 2.